The van der Waals surface area contributed by atoms with E-state index in [0.29, 0.717) is 6.61 Å². The molecule has 112 valence electrons. The highest BCUT2D eigenvalue weighted by atomic mass is 16.7. The van der Waals surface area contributed by atoms with Gasteiger partial charge in [-0.3, -0.25) is 0 Å². The maximum absolute atomic E-state index is 5.76. The number of ether oxygens (including phenoxy) is 4. The molecule has 20 heavy (non-hydrogen) atoms. The van der Waals surface area contributed by atoms with Crippen LogP contribution in [-0.4, -0.2) is 32.2 Å². The van der Waals surface area contributed by atoms with E-state index in [4.69, 9.17) is 18.9 Å². The summed E-state index contributed by atoms with van der Waals surface area (Å²) >= 11 is 0. The molecular weight excluding hydrogens is 256 g/mol. The Labute approximate surface area is 121 Å². The molecule has 1 aromatic rings. The van der Waals surface area contributed by atoms with Crippen molar-refractivity contribution in [3.63, 3.8) is 0 Å². The number of hydrogen-bond donors (Lipinski definition) is 0. The molecule has 0 bridgehead atoms. The van der Waals surface area contributed by atoms with Crippen LogP contribution in [0.3, 0.4) is 0 Å². The normalized spacial score (nSPS) is 20.9. The van der Waals surface area contributed by atoms with Crippen molar-refractivity contribution in [2.24, 2.45) is 0 Å². The maximum atomic E-state index is 5.76. The largest absolute Gasteiger partial charge is 0.497 e. The van der Waals surface area contributed by atoms with Crippen LogP contribution >= 0.6 is 0 Å². The highest BCUT2D eigenvalue weighted by molar-refractivity contribution is 5.31. The lowest BCUT2D eigenvalue weighted by Gasteiger charge is -2.17. The summed E-state index contributed by atoms with van der Waals surface area (Å²) in [7, 11) is 1.66. The minimum atomic E-state index is -0.412. The number of hydrogen-bond acceptors (Lipinski definition) is 4. The second-order valence-electron chi connectivity index (χ2n) is 5.47. The molecule has 0 saturated carbocycles. The standard InChI is InChI=1S/C16H24O4/c1-16(2)19-12-15(20-16)6-4-5-11-18-14-9-7-13(17-3)8-10-14/h7-10,15H,4-6,11-12H2,1-3H3. The first kappa shape index (κ1) is 15.1. The first-order valence-corrected chi connectivity index (χ1v) is 7.18. The molecule has 0 spiro atoms. The number of methoxy groups -OCH3 is 1. The summed E-state index contributed by atoms with van der Waals surface area (Å²) in [5.41, 5.74) is 0. The Bertz CT molecular complexity index is 399. The van der Waals surface area contributed by atoms with E-state index in [1.54, 1.807) is 7.11 Å². The molecule has 1 fully saturated rings. The van der Waals surface area contributed by atoms with Crippen LogP contribution in [0.4, 0.5) is 0 Å². The van der Waals surface area contributed by atoms with Crippen molar-refractivity contribution >= 4 is 0 Å². The highest BCUT2D eigenvalue weighted by Crippen LogP contribution is 2.25. The van der Waals surface area contributed by atoms with Gasteiger partial charge in [-0.2, -0.15) is 0 Å². The molecule has 1 aliphatic rings. The van der Waals surface area contributed by atoms with Crippen LogP contribution in [0.2, 0.25) is 0 Å². The minimum absolute atomic E-state index is 0.228. The minimum Gasteiger partial charge on any atom is -0.497 e. The maximum Gasteiger partial charge on any atom is 0.163 e. The third kappa shape index (κ3) is 4.69. The van der Waals surface area contributed by atoms with E-state index < -0.39 is 5.79 Å². The third-order valence-corrected chi connectivity index (χ3v) is 3.32. The lowest BCUT2D eigenvalue weighted by Crippen LogP contribution is -2.21. The van der Waals surface area contributed by atoms with Gasteiger partial charge in [-0.25, -0.2) is 0 Å². The molecule has 1 unspecified atom stereocenters. The Morgan fingerprint density at radius 3 is 2.45 bits per heavy atom. The number of unbranched alkanes of at least 4 members (excludes halogenated alkanes) is 1. The predicted molar refractivity (Wildman–Crippen MR) is 77.2 cm³/mol. The summed E-state index contributed by atoms with van der Waals surface area (Å²) in [6, 6.07) is 7.66. The average Bonchev–Trinajstić information content (AvgIpc) is 2.78. The Balaban J connectivity index is 1.57. The summed E-state index contributed by atoms with van der Waals surface area (Å²) in [5.74, 6) is 1.32. The molecule has 1 saturated heterocycles. The zero-order valence-electron chi connectivity index (χ0n) is 12.6. The van der Waals surface area contributed by atoms with Crippen LogP contribution in [0.15, 0.2) is 24.3 Å². The van der Waals surface area contributed by atoms with Gasteiger partial charge in [0.2, 0.25) is 0 Å². The molecule has 2 rings (SSSR count). The van der Waals surface area contributed by atoms with Crippen molar-refractivity contribution in [2.45, 2.75) is 45.0 Å². The molecule has 4 heteroatoms. The van der Waals surface area contributed by atoms with Crippen molar-refractivity contribution < 1.29 is 18.9 Å². The van der Waals surface area contributed by atoms with Gasteiger partial charge in [0.1, 0.15) is 11.5 Å². The van der Waals surface area contributed by atoms with E-state index in [-0.39, 0.29) is 6.10 Å². The molecule has 0 amide bonds. The first-order valence-electron chi connectivity index (χ1n) is 7.18. The van der Waals surface area contributed by atoms with Gasteiger partial charge in [0.25, 0.3) is 0 Å². The highest BCUT2D eigenvalue weighted by Gasteiger charge is 2.31. The summed E-state index contributed by atoms with van der Waals surface area (Å²) < 4.78 is 22.1. The van der Waals surface area contributed by atoms with E-state index in [2.05, 4.69) is 0 Å². The van der Waals surface area contributed by atoms with Gasteiger partial charge in [-0.1, -0.05) is 0 Å². The summed E-state index contributed by atoms with van der Waals surface area (Å²) in [4.78, 5) is 0. The van der Waals surface area contributed by atoms with Gasteiger partial charge >= 0.3 is 0 Å². The molecule has 0 aromatic heterocycles. The van der Waals surface area contributed by atoms with E-state index in [9.17, 15) is 0 Å². The second-order valence-corrected chi connectivity index (χ2v) is 5.47. The van der Waals surface area contributed by atoms with Crippen LogP contribution in [0.25, 0.3) is 0 Å². The predicted octanol–water partition coefficient (Wildman–Crippen LogP) is 3.40. The van der Waals surface area contributed by atoms with Crippen LogP contribution in [0.1, 0.15) is 33.1 Å². The summed E-state index contributed by atoms with van der Waals surface area (Å²) in [5, 5.41) is 0. The number of benzene rings is 1. The SMILES string of the molecule is COc1ccc(OCCCCC2COC(C)(C)O2)cc1. The molecule has 0 N–H and O–H groups in total. The molecule has 4 nitrogen and oxygen atoms in total. The van der Waals surface area contributed by atoms with Gasteiger partial charge in [0, 0.05) is 0 Å². The first-order chi connectivity index (χ1) is 9.59. The van der Waals surface area contributed by atoms with E-state index in [0.717, 1.165) is 37.4 Å². The molecule has 1 aliphatic heterocycles. The zero-order chi connectivity index (χ0) is 14.4. The fourth-order valence-corrected chi connectivity index (χ4v) is 2.24. The lowest BCUT2D eigenvalue weighted by molar-refractivity contribution is -0.139. The summed E-state index contributed by atoms with van der Waals surface area (Å²) in [6.45, 7) is 5.34. The van der Waals surface area contributed by atoms with Gasteiger partial charge in [0.05, 0.1) is 26.4 Å². The molecule has 1 heterocycles. The third-order valence-electron chi connectivity index (χ3n) is 3.32. The second kappa shape index (κ2) is 6.95. The van der Waals surface area contributed by atoms with Crippen molar-refractivity contribution in [3.05, 3.63) is 24.3 Å². The van der Waals surface area contributed by atoms with E-state index in [1.165, 1.54) is 0 Å². The van der Waals surface area contributed by atoms with Crippen molar-refractivity contribution in [2.75, 3.05) is 20.3 Å². The Morgan fingerprint density at radius 2 is 1.85 bits per heavy atom. The van der Waals surface area contributed by atoms with Crippen molar-refractivity contribution in [3.8, 4) is 11.5 Å². The van der Waals surface area contributed by atoms with Crippen LogP contribution < -0.4 is 9.47 Å². The van der Waals surface area contributed by atoms with Crippen LogP contribution in [0.5, 0.6) is 11.5 Å². The van der Waals surface area contributed by atoms with E-state index in [1.807, 2.05) is 38.1 Å². The average molecular weight is 280 g/mol. The van der Waals surface area contributed by atoms with E-state index >= 15 is 0 Å². The lowest BCUT2D eigenvalue weighted by atomic mass is 10.2. The zero-order valence-corrected chi connectivity index (χ0v) is 12.6. The molecule has 0 aliphatic carbocycles. The molecular formula is C16H24O4. The monoisotopic (exact) mass is 280 g/mol. The molecule has 0 radical (unpaired) electrons. The van der Waals surface area contributed by atoms with Gasteiger partial charge in [-0.15, -0.1) is 0 Å². The topological polar surface area (TPSA) is 36.9 Å². The fraction of sp³-hybridized carbons (Fsp3) is 0.625. The van der Waals surface area contributed by atoms with Gasteiger partial charge < -0.3 is 18.9 Å². The Hall–Kier alpha value is -1.26. The fourth-order valence-electron chi connectivity index (χ4n) is 2.24. The van der Waals surface area contributed by atoms with Crippen molar-refractivity contribution in [1.82, 2.24) is 0 Å². The number of rotatable bonds is 7. The molecule has 1 aromatic carbocycles. The van der Waals surface area contributed by atoms with Crippen molar-refractivity contribution in [1.29, 1.82) is 0 Å². The Morgan fingerprint density at radius 1 is 1.15 bits per heavy atom. The summed E-state index contributed by atoms with van der Waals surface area (Å²) in [6.07, 6.45) is 3.35. The van der Waals surface area contributed by atoms with Gasteiger partial charge in [-0.05, 0) is 57.4 Å². The van der Waals surface area contributed by atoms with Gasteiger partial charge in [0.15, 0.2) is 5.79 Å². The van der Waals surface area contributed by atoms with Crippen LogP contribution in [0, 0.1) is 0 Å². The quantitative estimate of drug-likeness (QED) is 0.717. The smallest absolute Gasteiger partial charge is 0.163 e. The van der Waals surface area contributed by atoms with Crippen LogP contribution in [-0.2, 0) is 9.47 Å². The Kier molecular flexibility index (Phi) is 5.26. The molecule has 1 atom stereocenters.